The molecule has 0 radical (unpaired) electrons. The first-order valence-electron chi connectivity index (χ1n) is 9.39. The summed E-state index contributed by atoms with van der Waals surface area (Å²) in [5, 5.41) is 1.05. The second-order valence-electron chi connectivity index (χ2n) is 6.78. The average Bonchev–Trinajstić information content (AvgIpc) is 3.28. The summed E-state index contributed by atoms with van der Waals surface area (Å²) in [6.45, 7) is 0.725. The van der Waals surface area contributed by atoms with Crippen LogP contribution in [0.2, 0.25) is 0 Å². The Hall–Kier alpha value is -3.39. The summed E-state index contributed by atoms with van der Waals surface area (Å²) in [7, 11) is 1.72. The van der Waals surface area contributed by atoms with Gasteiger partial charge in [-0.1, -0.05) is 30.0 Å². The van der Waals surface area contributed by atoms with E-state index in [2.05, 4.69) is 9.97 Å². The van der Waals surface area contributed by atoms with Crippen molar-refractivity contribution < 1.29 is 9.21 Å². The number of para-hydroxylation sites is 1. The molecule has 1 amide bonds. The van der Waals surface area contributed by atoms with Crippen molar-refractivity contribution in [3.05, 3.63) is 88.9 Å². The van der Waals surface area contributed by atoms with E-state index in [-0.39, 0.29) is 17.2 Å². The van der Waals surface area contributed by atoms with E-state index < -0.39 is 0 Å². The summed E-state index contributed by atoms with van der Waals surface area (Å²) in [5.74, 6) is 0.801. The van der Waals surface area contributed by atoms with Crippen molar-refractivity contribution >= 4 is 28.6 Å². The lowest BCUT2D eigenvalue weighted by molar-refractivity contribution is -0.127. The molecule has 152 valence electrons. The molecular formula is C22H20N4O3S. The van der Waals surface area contributed by atoms with Crippen molar-refractivity contribution in [3.63, 3.8) is 0 Å². The van der Waals surface area contributed by atoms with Crippen molar-refractivity contribution in [1.82, 2.24) is 19.4 Å². The van der Waals surface area contributed by atoms with Gasteiger partial charge < -0.3 is 9.32 Å². The molecule has 0 N–H and O–H groups in total. The Kier molecular flexibility index (Phi) is 5.94. The smallest absolute Gasteiger partial charge is 0.262 e. The van der Waals surface area contributed by atoms with Gasteiger partial charge in [0.1, 0.15) is 5.76 Å². The summed E-state index contributed by atoms with van der Waals surface area (Å²) in [4.78, 5) is 36.1. The summed E-state index contributed by atoms with van der Waals surface area (Å²) in [5.41, 5.74) is 1.37. The lowest BCUT2D eigenvalue weighted by atomic mass is 10.2. The summed E-state index contributed by atoms with van der Waals surface area (Å²) < 4.78 is 6.90. The highest BCUT2D eigenvalue weighted by Gasteiger charge is 2.16. The number of hydrogen-bond donors (Lipinski definition) is 0. The van der Waals surface area contributed by atoms with Crippen molar-refractivity contribution in [3.8, 4) is 0 Å². The number of hydrogen-bond acceptors (Lipinski definition) is 6. The normalized spacial score (nSPS) is 11.0. The number of aromatic nitrogens is 3. The first-order chi connectivity index (χ1) is 14.6. The maximum atomic E-state index is 13.1. The number of furan rings is 1. The number of benzene rings is 1. The summed E-state index contributed by atoms with van der Waals surface area (Å²) >= 11 is 1.25. The maximum Gasteiger partial charge on any atom is 0.262 e. The van der Waals surface area contributed by atoms with Gasteiger partial charge in [-0.15, -0.1) is 0 Å². The standard InChI is InChI=1S/C22H20N4O3S/c1-25(14-17-7-5-11-29-17)20(27)15-30-22-24-19-9-3-2-8-18(19)21(28)26(22)13-16-6-4-10-23-12-16/h2-12H,13-15H2,1H3. The maximum absolute atomic E-state index is 13.1. The third kappa shape index (κ3) is 4.44. The van der Waals surface area contributed by atoms with Gasteiger partial charge in [-0.2, -0.15) is 0 Å². The topological polar surface area (TPSA) is 81.2 Å². The number of thioether (sulfide) groups is 1. The molecule has 8 heteroatoms. The lowest BCUT2D eigenvalue weighted by Gasteiger charge is -2.17. The predicted octanol–water partition coefficient (Wildman–Crippen LogP) is 3.18. The van der Waals surface area contributed by atoms with Gasteiger partial charge in [-0.25, -0.2) is 4.98 Å². The van der Waals surface area contributed by atoms with Crippen LogP contribution in [0.5, 0.6) is 0 Å². The van der Waals surface area contributed by atoms with Crippen LogP contribution in [0.15, 0.2) is 81.6 Å². The zero-order valence-electron chi connectivity index (χ0n) is 16.4. The SMILES string of the molecule is CN(Cc1ccco1)C(=O)CSc1nc2ccccc2c(=O)n1Cc1cccnc1. The Morgan fingerprint density at radius 2 is 2.03 bits per heavy atom. The molecule has 4 rings (SSSR count). The van der Waals surface area contributed by atoms with Crippen LogP contribution in [0.1, 0.15) is 11.3 Å². The molecule has 0 saturated heterocycles. The number of fused-ring (bicyclic) bond motifs is 1. The highest BCUT2D eigenvalue weighted by Crippen LogP contribution is 2.19. The fourth-order valence-corrected chi connectivity index (χ4v) is 3.97. The fraction of sp³-hybridized carbons (Fsp3) is 0.182. The van der Waals surface area contributed by atoms with Crippen LogP contribution in [0, 0.1) is 0 Å². The minimum absolute atomic E-state index is 0.0771. The largest absolute Gasteiger partial charge is 0.467 e. The van der Waals surface area contributed by atoms with E-state index in [1.165, 1.54) is 11.8 Å². The molecule has 4 aromatic rings. The van der Waals surface area contributed by atoms with Gasteiger partial charge >= 0.3 is 0 Å². The Labute approximate surface area is 177 Å². The summed E-state index contributed by atoms with van der Waals surface area (Å²) in [6.07, 6.45) is 4.99. The van der Waals surface area contributed by atoms with E-state index in [1.807, 2.05) is 30.3 Å². The predicted molar refractivity (Wildman–Crippen MR) is 115 cm³/mol. The Balaban J connectivity index is 1.59. The van der Waals surface area contributed by atoms with Gasteiger partial charge in [0.05, 0.1) is 36.0 Å². The van der Waals surface area contributed by atoms with Gasteiger partial charge in [0.15, 0.2) is 5.16 Å². The Bertz CT molecular complexity index is 1210. The molecular weight excluding hydrogens is 400 g/mol. The molecule has 30 heavy (non-hydrogen) atoms. The number of rotatable bonds is 7. The van der Waals surface area contributed by atoms with Gasteiger partial charge in [0.25, 0.3) is 5.56 Å². The number of carbonyl (C=O) groups excluding carboxylic acids is 1. The molecule has 3 aromatic heterocycles. The molecule has 0 atom stereocenters. The van der Waals surface area contributed by atoms with E-state index in [0.29, 0.717) is 34.9 Å². The molecule has 3 heterocycles. The highest BCUT2D eigenvalue weighted by molar-refractivity contribution is 7.99. The van der Waals surface area contributed by atoms with Gasteiger partial charge in [0, 0.05) is 19.4 Å². The molecule has 0 aliphatic heterocycles. The van der Waals surface area contributed by atoms with Crippen molar-refractivity contribution in [1.29, 1.82) is 0 Å². The van der Waals surface area contributed by atoms with E-state index in [0.717, 1.165) is 5.56 Å². The van der Waals surface area contributed by atoms with E-state index in [1.54, 1.807) is 53.4 Å². The Morgan fingerprint density at radius 3 is 2.80 bits per heavy atom. The second kappa shape index (κ2) is 8.96. The molecule has 0 spiro atoms. The molecule has 0 aliphatic rings. The Morgan fingerprint density at radius 1 is 1.17 bits per heavy atom. The number of amides is 1. The molecule has 7 nitrogen and oxygen atoms in total. The number of carbonyl (C=O) groups is 1. The van der Waals surface area contributed by atoms with Crippen LogP contribution in [0.3, 0.4) is 0 Å². The van der Waals surface area contributed by atoms with E-state index in [4.69, 9.17) is 4.42 Å². The lowest BCUT2D eigenvalue weighted by Crippen LogP contribution is -2.29. The van der Waals surface area contributed by atoms with Crippen LogP contribution in [0.4, 0.5) is 0 Å². The van der Waals surface area contributed by atoms with Crippen LogP contribution in [-0.2, 0) is 17.9 Å². The van der Waals surface area contributed by atoms with E-state index in [9.17, 15) is 9.59 Å². The third-order valence-electron chi connectivity index (χ3n) is 4.61. The van der Waals surface area contributed by atoms with Crippen LogP contribution in [-0.4, -0.2) is 38.1 Å². The van der Waals surface area contributed by atoms with Crippen molar-refractivity contribution in [2.24, 2.45) is 0 Å². The first-order valence-corrected chi connectivity index (χ1v) is 10.4. The van der Waals surface area contributed by atoms with Gasteiger partial charge in [-0.05, 0) is 35.9 Å². The number of nitrogens with zero attached hydrogens (tertiary/aromatic N) is 4. The van der Waals surface area contributed by atoms with E-state index >= 15 is 0 Å². The molecule has 0 bridgehead atoms. The first kappa shape index (κ1) is 19.9. The second-order valence-corrected chi connectivity index (χ2v) is 7.72. The third-order valence-corrected chi connectivity index (χ3v) is 5.57. The van der Waals surface area contributed by atoms with Crippen LogP contribution >= 0.6 is 11.8 Å². The van der Waals surface area contributed by atoms with Gasteiger partial charge in [0.2, 0.25) is 5.91 Å². The number of pyridine rings is 1. The quantitative estimate of drug-likeness (QED) is 0.337. The van der Waals surface area contributed by atoms with Crippen molar-refractivity contribution in [2.75, 3.05) is 12.8 Å². The van der Waals surface area contributed by atoms with Crippen LogP contribution < -0.4 is 5.56 Å². The minimum atomic E-state index is -0.136. The average molecular weight is 420 g/mol. The zero-order valence-corrected chi connectivity index (χ0v) is 17.2. The van der Waals surface area contributed by atoms with Gasteiger partial charge in [-0.3, -0.25) is 19.1 Å². The molecule has 0 aliphatic carbocycles. The molecule has 0 unspecified atom stereocenters. The zero-order chi connectivity index (χ0) is 20.9. The summed E-state index contributed by atoms with van der Waals surface area (Å²) in [6, 6.07) is 14.6. The fourth-order valence-electron chi connectivity index (χ4n) is 3.03. The van der Waals surface area contributed by atoms with Crippen molar-refractivity contribution in [2.45, 2.75) is 18.2 Å². The molecule has 0 fully saturated rings. The highest BCUT2D eigenvalue weighted by atomic mass is 32.2. The van der Waals surface area contributed by atoms with Crippen LogP contribution in [0.25, 0.3) is 10.9 Å². The molecule has 0 saturated carbocycles. The minimum Gasteiger partial charge on any atom is -0.467 e. The monoisotopic (exact) mass is 420 g/mol. The molecule has 1 aromatic carbocycles.